The zero-order valence-electron chi connectivity index (χ0n) is 18.4. The molecular formula is C25H40N2O2. The summed E-state index contributed by atoms with van der Waals surface area (Å²) < 4.78 is 0. The fourth-order valence-corrected chi connectivity index (χ4v) is 8.91. The fourth-order valence-electron chi connectivity index (χ4n) is 8.91. The van der Waals surface area contributed by atoms with E-state index >= 15 is 0 Å². The highest BCUT2D eigenvalue weighted by Gasteiger charge is 2.65. The van der Waals surface area contributed by atoms with Gasteiger partial charge in [-0.15, -0.1) is 6.42 Å². The molecule has 3 N–H and O–H groups in total. The van der Waals surface area contributed by atoms with Crippen molar-refractivity contribution < 1.29 is 10.2 Å². The van der Waals surface area contributed by atoms with Gasteiger partial charge < -0.3 is 15.5 Å². The van der Waals surface area contributed by atoms with Crippen molar-refractivity contribution in [3.63, 3.8) is 0 Å². The molecule has 4 aliphatic carbocycles. The Morgan fingerprint density at radius 2 is 1.76 bits per heavy atom. The van der Waals surface area contributed by atoms with Crippen molar-refractivity contribution in [1.29, 1.82) is 0 Å². The predicted octanol–water partition coefficient (Wildman–Crippen LogP) is 2.64. The number of nitrogens with zero attached hydrogens (tertiary/aromatic N) is 1. The van der Waals surface area contributed by atoms with Crippen LogP contribution in [-0.4, -0.2) is 59.0 Å². The van der Waals surface area contributed by atoms with Crippen LogP contribution in [0.25, 0.3) is 0 Å². The second-order valence-electron chi connectivity index (χ2n) is 11.5. The molecule has 5 rings (SSSR count). The molecule has 9 atom stereocenters. The molecule has 5 aliphatic rings. The van der Waals surface area contributed by atoms with Crippen LogP contribution in [0.3, 0.4) is 0 Å². The highest BCUT2D eigenvalue weighted by Crippen LogP contribution is 2.68. The summed E-state index contributed by atoms with van der Waals surface area (Å²) in [4.78, 5) is 2.56. The molecule has 4 heteroatoms. The van der Waals surface area contributed by atoms with Crippen molar-refractivity contribution >= 4 is 0 Å². The molecule has 4 saturated carbocycles. The number of hydrogen-bond acceptors (Lipinski definition) is 4. The van der Waals surface area contributed by atoms with E-state index in [0.29, 0.717) is 29.2 Å². The van der Waals surface area contributed by atoms with Gasteiger partial charge in [-0.2, -0.15) is 0 Å². The molecule has 1 aliphatic heterocycles. The van der Waals surface area contributed by atoms with Gasteiger partial charge in [0.25, 0.3) is 0 Å². The molecule has 1 heterocycles. The van der Waals surface area contributed by atoms with Crippen LogP contribution in [0.1, 0.15) is 65.2 Å². The van der Waals surface area contributed by atoms with Gasteiger partial charge in [0.15, 0.2) is 0 Å². The molecule has 29 heavy (non-hydrogen) atoms. The van der Waals surface area contributed by atoms with Crippen LogP contribution in [0.15, 0.2) is 0 Å². The van der Waals surface area contributed by atoms with E-state index in [-0.39, 0.29) is 11.5 Å². The first-order chi connectivity index (χ1) is 13.8. The fraction of sp³-hybridized carbons (Fsp3) is 0.920. The lowest BCUT2D eigenvalue weighted by Gasteiger charge is -2.63. The van der Waals surface area contributed by atoms with Gasteiger partial charge in [0.1, 0.15) is 5.60 Å². The number of rotatable bonds is 1. The van der Waals surface area contributed by atoms with Gasteiger partial charge in [-0.1, -0.05) is 19.8 Å². The van der Waals surface area contributed by atoms with Crippen molar-refractivity contribution in [2.75, 3.05) is 26.2 Å². The first-order valence-electron chi connectivity index (χ1n) is 12.2. The summed E-state index contributed by atoms with van der Waals surface area (Å²) in [7, 11) is 0. The van der Waals surface area contributed by atoms with E-state index in [0.717, 1.165) is 64.2 Å². The smallest absolute Gasteiger partial charge is 0.130 e. The predicted molar refractivity (Wildman–Crippen MR) is 115 cm³/mol. The van der Waals surface area contributed by atoms with E-state index in [1.807, 2.05) is 0 Å². The highest BCUT2D eigenvalue weighted by atomic mass is 16.3. The minimum absolute atomic E-state index is 0.113. The third kappa shape index (κ3) is 2.80. The normalized spacial score (nSPS) is 55.4. The Labute approximate surface area is 176 Å². The van der Waals surface area contributed by atoms with Crippen LogP contribution in [0.5, 0.6) is 0 Å². The Morgan fingerprint density at radius 1 is 1.03 bits per heavy atom. The number of aliphatic hydroxyl groups is 2. The molecule has 0 amide bonds. The first-order valence-corrected chi connectivity index (χ1v) is 12.2. The van der Waals surface area contributed by atoms with Crippen molar-refractivity contribution in [2.45, 2.75) is 83.0 Å². The van der Waals surface area contributed by atoms with E-state index in [4.69, 9.17) is 6.42 Å². The number of terminal acetylenes is 1. The third-order valence-corrected chi connectivity index (χ3v) is 10.7. The number of fused-ring (bicyclic) bond motifs is 5. The van der Waals surface area contributed by atoms with Crippen LogP contribution in [-0.2, 0) is 0 Å². The molecule has 162 valence electrons. The lowest BCUT2D eigenvalue weighted by molar-refractivity contribution is -0.160. The Kier molecular flexibility index (Phi) is 4.87. The van der Waals surface area contributed by atoms with Crippen LogP contribution in [0.2, 0.25) is 0 Å². The van der Waals surface area contributed by atoms with Gasteiger partial charge in [-0.05, 0) is 80.5 Å². The minimum Gasteiger partial charge on any atom is -0.391 e. The highest BCUT2D eigenvalue weighted by molar-refractivity contribution is 5.23. The van der Waals surface area contributed by atoms with Gasteiger partial charge in [-0.3, -0.25) is 4.90 Å². The molecule has 0 aromatic rings. The van der Waals surface area contributed by atoms with Gasteiger partial charge in [0.2, 0.25) is 0 Å². The Balaban J connectivity index is 1.41. The zero-order chi connectivity index (χ0) is 20.4. The molecule has 0 radical (unpaired) electrons. The van der Waals surface area contributed by atoms with Gasteiger partial charge >= 0.3 is 0 Å². The maximum absolute atomic E-state index is 11.2. The van der Waals surface area contributed by atoms with Crippen LogP contribution in [0.4, 0.5) is 0 Å². The lowest BCUT2D eigenvalue weighted by Crippen LogP contribution is -2.62. The minimum atomic E-state index is -0.910. The van der Waals surface area contributed by atoms with E-state index in [1.165, 1.54) is 19.3 Å². The van der Waals surface area contributed by atoms with Crippen LogP contribution >= 0.6 is 0 Å². The summed E-state index contributed by atoms with van der Waals surface area (Å²) in [5, 5.41) is 25.7. The van der Waals surface area contributed by atoms with Gasteiger partial charge in [-0.25, -0.2) is 0 Å². The summed E-state index contributed by atoms with van der Waals surface area (Å²) in [6.07, 6.45) is 14.4. The van der Waals surface area contributed by atoms with Crippen molar-refractivity contribution in [1.82, 2.24) is 10.2 Å². The average molecular weight is 401 g/mol. The summed E-state index contributed by atoms with van der Waals surface area (Å²) in [6, 6.07) is 0.316. The van der Waals surface area contributed by atoms with Gasteiger partial charge in [0.05, 0.1) is 6.10 Å². The number of aliphatic hydroxyl groups excluding tert-OH is 1. The van der Waals surface area contributed by atoms with E-state index in [1.54, 1.807) is 0 Å². The second kappa shape index (κ2) is 6.95. The molecule has 4 nitrogen and oxygen atoms in total. The Morgan fingerprint density at radius 3 is 2.48 bits per heavy atom. The second-order valence-corrected chi connectivity index (χ2v) is 11.5. The van der Waals surface area contributed by atoms with E-state index < -0.39 is 5.60 Å². The van der Waals surface area contributed by atoms with Crippen molar-refractivity contribution in [3.8, 4) is 12.3 Å². The standard InChI is InChI=1S/C25H40N2O2/c1-4-25(29)10-8-20-18-6-5-17-15-22(28)21(27-13-11-26-12-14-27)16-23(17,2)19(18)7-9-24(20,25)3/h1,17-22,26,28-29H,5-16H2,2-3H3/t17?,18-,19+,20+,21+,22+,23+,24+,25+/m1/s1. The quantitative estimate of drug-likeness (QED) is 0.593. The molecule has 1 saturated heterocycles. The number of nitrogens with one attached hydrogen (secondary N) is 1. The Bertz CT molecular complexity index is 685. The molecule has 0 aromatic heterocycles. The molecular weight excluding hydrogens is 360 g/mol. The van der Waals surface area contributed by atoms with Crippen molar-refractivity contribution in [3.05, 3.63) is 0 Å². The van der Waals surface area contributed by atoms with E-state index in [2.05, 4.69) is 30.0 Å². The zero-order valence-corrected chi connectivity index (χ0v) is 18.4. The van der Waals surface area contributed by atoms with Gasteiger partial charge in [0, 0.05) is 37.6 Å². The average Bonchev–Trinajstić information content (AvgIpc) is 3.00. The van der Waals surface area contributed by atoms with Crippen molar-refractivity contribution in [2.24, 2.45) is 34.5 Å². The number of hydrogen-bond donors (Lipinski definition) is 3. The maximum atomic E-state index is 11.2. The summed E-state index contributed by atoms with van der Waals surface area (Å²) in [5.41, 5.74) is -0.708. The lowest BCUT2D eigenvalue weighted by atomic mass is 9.44. The van der Waals surface area contributed by atoms with Crippen LogP contribution < -0.4 is 5.32 Å². The Hall–Kier alpha value is -0.600. The topological polar surface area (TPSA) is 55.7 Å². The summed E-state index contributed by atoms with van der Waals surface area (Å²) in [6.45, 7) is 9.05. The number of piperazine rings is 1. The maximum Gasteiger partial charge on any atom is 0.130 e. The SMILES string of the molecule is C#C[C@]1(O)CC[C@H]2[C@@H]3CCC4C[C@H](O)[C@@H](N5CCNCC5)C[C@]4(C)[C@H]3CC[C@@]21C. The molecule has 0 spiro atoms. The molecule has 0 aromatic carbocycles. The molecule has 0 bridgehead atoms. The van der Waals surface area contributed by atoms with Crippen LogP contribution in [0, 0.1) is 46.8 Å². The molecule has 5 fully saturated rings. The third-order valence-electron chi connectivity index (χ3n) is 10.7. The largest absolute Gasteiger partial charge is 0.391 e. The first kappa shape index (κ1) is 20.3. The molecule has 1 unspecified atom stereocenters. The monoisotopic (exact) mass is 400 g/mol. The summed E-state index contributed by atoms with van der Waals surface area (Å²) in [5.74, 6) is 5.43. The summed E-state index contributed by atoms with van der Waals surface area (Å²) >= 11 is 0. The van der Waals surface area contributed by atoms with E-state index in [9.17, 15) is 10.2 Å².